The summed E-state index contributed by atoms with van der Waals surface area (Å²) < 4.78 is 0.576. The Hall–Kier alpha value is -0.470. The Labute approximate surface area is 108 Å². The predicted octanol–water partition coefficient (Wildman–Crippen LogP) is 3.55. The van der Waals surface area contributed by atoms with E-state index in [1.807, 2.05) is 11.8 Å². The van der Waals surface area contributed by atoms with Gasteiger partial charge < -0.3 is 5.32 Å². The molecule has 0 aromatic heterocycles. The fraction of sp³-hybridized carbons (Fsp3) is 0.600. The number of hydrogen-bond donors (Lipinski definition) is 1. The Morgan fingerprint density at radius 2 is 2.18 bits per heavy atom. The van der Waals surface area contributed by atoms with Gasteiger partial charge in [0.2, 0.25) is 0 Å². The van der Waals surface area contributed by atoms with E-state index in [1.165, 1.54) is 38.6 Å². The van der Waals surface area contributed by atoms with Crippen molar-refractivity contribution in [1.29, 1.82) is 0 Å². The van der Waals surface area contributed by atoms with E-state index in [0.29, 0.717) is 10.8 Å². The smallest absolute Gasteiger partial charge is 0.0323 e. The average Bonchev–Trinajstić information content (AvgIpc) is 3.17. The molecule has 2 heteroatoms. The van der Waals surface area contributed by atoms with Gasteiger partial charge in [-0.1, -0.05) is 24.3 Å². The molecule has 2 aliphatic carbocycles. The maximum absolute atomic E-state index is 3.81. The second-order valence-corrected chi connectivity index (χ2v) is 6.69. The second kappa shape index (κ2) is 4.66. The van der Waals surface area contributed by atoms with Crippen molar-refractivity contribution in [1.82, 2.24) is 5.32 Å². The quantitative estimate of drug-likeness (QED) is 0.873. The number of hydrogen-bond acceptors (Lipinski definition) is 2. The van der Waals surface area contributed by atoms with Crippen LogP contribution in [0.2, 0.25) is 0 Å². The minimum Gasteiger partial charge on any atom is -0.309 e. The normalized spacial score (nSPS) is 25.4. The maximum atomic E-state index is 3.81. The molecule has 0 aliphatic heterocycles. The largest absolute Gasteiger partial charge is 0.309 e. The highest BCUT2D eigenvalue weighted by molar-refractivity contribution is 8.00. The van der Waals surface area contributed by atoms with Crippen LogP contribution in [0.1, 0.15) is 42.9 Å². The molecular weight excluding hydrogens is 226 g/mol. The first-order chi connectivity index (χ1) is 8.33. The summed E-state index contributed by atoms with van der Waals surface area (Å²) in [6.07, 6.45) is 8.96. The van der Waals surface area contributed by atoms with Gasteiger partial charge in [-0.3, -0.25) is 0 Å². The topological polar surface area (TPSA) is 12.0 Å². The van der Waals surface area contributed by atoms with Crippen LogP contribution in [0.4, 0.5) is 0 Å². The minimum atomic E-state index is 0.576. The van der Waals surface area contributed by atoms with Crippen LogP contribution in [-0.2, 0) is 6.42 Å². The van der Waals surface area contributed by atoms with E-state index in [1.54, 1.807) is 11.1 Å². The van der Waals surface area contributed by atoms with Gasteiger partial charge in [0.15, 0.2) is 0 Å². The molecule has 1 aromatic carbocycles. The molecule has 92 valence electrons. The van der Waals surface area contributed by atoms with E-state index in [9.17, 15) is 0 Å². The van der Waals surface area contributed by atoms with Crippen molar-refractivity contribution >= 4 is 11.8 Å². The summed E-state index contributed by atoms with van der Waals surface area (Å²) in [5.41, 5.74) is 3.11. The van der Waals surface area contributed by atoms with E-state index < -0.39 is 0 Å². The second-order valence-electron chi connectivity index (χ2n) is 5.41. The first-order valence-electron chi connectivity index (χ1n) is 6.69. The van der Waals surface area contributed by atoms with Gasteiger partial charge in [-0.15, -0.1) is 0 Å². The van der Waals surface area contributed by atoms with Gasteiger partial charge in [0, 0.05) is 17.3 Å². The number of benzene rings is 1. The number of rotatable bonds is 4. The molecule has 17 heavy (non-hydrogen) atoms. The van der Waals surface area contributed by atoms with Crippen LogP contribution >= 0.6 is 11.8 Å². The zero-order chi connectivity index (χ0) is 11.7. The SMILES string of the molecule is CSC1(CNC2CCCc3ccccc32)CC1. The number of nitrogens with one attached hydrogen (secondary N) is 1. The van der Waals surface area contributed by atoms with Gasteiger partial charge in [0.25, 0.3) is 0 Å². The number of aryl methyl sites for hydroxylation is 1. The summed E-state index contributed by atoms with van der Waals surface area (Å²) in [7, 11) is 0. The van der Waals surface area contributed by atoms with E-state index >= 15 is 0 Å². The van der Waals surface area contributed by atoms with E-state index in [0.717, 1.165) is 0 Å². The predicted molar refractivity (Wildman–Crippen MR) is 75.6 cm³/mol. The molecule has 1 aromatic rings. The third-order valence-electron chi connectivity index (χ3n) is 4.28. The van der Waals surface area contributed by atoms with Crippen LogP contribution in [0.5, 0.6) is 0 Å². The van der Waals surface area contributed by atoms with Crippen molar-refractivity contribution in [3.05, 3.63) is 35.4 Å². The average molecular weight is 247 g/mol. The standard InChI is InChI=1S/C15H21NS/c1-17-15(9-10-15)11-16-14-8-4-6-12-5-2-3-7-13(12)14/h2-3,5,7,14,16H,4,6,8-11H2,1H3. The summed E-state index contributed by atoms with van der Waals surface area (Å²) in [6, 6.07) is 9.56. The fourth-order valence-corrected chi connectivity index (χ4v) is 3.61. The molecular formula is C15H21NS. The van der Waals surface area contributed by atoms with Gasteiger partial charge in [0.1, 0.15) is 0 Å². The summed E-state index contributed by atoms with van der Waals surface area (Å²) >= 11 is 2.05. The molecule has 0 radical (unpaired) electrons. The van der Waals surface area contributed by atoms with Crippen molar-refractivity contribution in [3.63, 3.8) is 0 Å². The van der Waals surface area contributed by atoms with Gasteiger partial charge in [-0.2, -0.15) is 11.8 Å². The number of thioether (sulfide) groups is 1. The van der Waals surface area contributed by atoms with Gasteiger partial charge in [-0.05, 0) is 49.5 Å². The fourth-order valence-electron chi connectivity index (χ4n) is 2.87. The zero-order valence-corrected chi connectivity index (χ0v) is 11.4. The first kappa shape index (κ1) is 11.6. The Bertz CT molecular complexity index is 398. The first-order valence-corrected chi connectivity index (χ1v) is 7.92. The van der Waals surface area contributed by atoms with Crippen molar-refractivity contribution < 1.29 is 0 Å². The number of fused-ring (bicyclic) bond motifs is 1. The van der Waals surface area contributed by atoms with Crippen LogP contribution in [0.15, 0.2) is 24.3 Å². The summed E-state index contributed by atoms with van der Waals surface area (Å²) in [5, 5.41) is 3.81. The molecule has 0 spiro atoms. The molecule has 1 atom stereocenters. The molecule has 1 saturated carbocycles. The molecule has 1 N–H and O–H groups in total. The van der Waals surface area contributed by atoms with Crippen molar-refractivity contribution in [2.75, 3.05) is 12.8 Å². The van der Waals surface area contributed by atoms with E-state index in [2.05, 4.69) is 35.8 Å². The Morgan fingerprint density at radius 3 is 2.94 bits per heavy atom. The van der Waals surface area contributed by atoms with Crippen molar-refractivity contribution in [3.8, 4) is 0 Å². The van der Waals surface area contributed by atoms with Crippen LogP contribution < -0.4 is 5.32 Å². The third kappa shape index (κ3) is 2.38. The van der Waals surface area contributed by atoms with Gasteiger partial charge in [-0.25, -0.2) is 0 Å². The van der Waals surface area contributed by atoms with E-state index in [4.69, 9.17) is 0 Å². The van der Waals surface area contributed by atoms with Crippen molar-refractivity contribution in [2.45, 2.75) is 42.9 Å². The van der Waals surface area contributed by atoms with Gasteiger partial charge >= 0.3 is 0 Å². The zero-order valence-electron chi connectivity index (χ0n) is 10.5. The highest BCUT2D eigenvalue weighted by Crippen LogP contribution is 2.47. The van der Waals surface area contributed by atoms with Gasteiger partial charge in [0.05, 0.1) is 0 Å². The molecule has 0 saturated heterocycles. The molecule has 1 unspecified atom stereocenters. The highest BCUT2D eigenvalue weighted by atomic mass is 32.2. The molecule has 0 bridgehead atoms. The Balaban J connectivity index is 1.68. The minimum absolute atomic E-state index is 0.576. The summed E-state index contributed by atoms with van der Waals surface area (Å²) in [5.74, 6) is 0. The van der Waals surface area contributed by atoms with E-state index in [-0.39, 0.29) is 0 Å². The Morgan fingerprint density at radius 1 is 1.35 bits per heavy atom. The lowest BCUT2D eigenvalue weighted by molar-refractivity contribution is 0.457. The summed E-state index contributed by atoms with van der Waals surface area (Å²) in [4.78, 5) is 0. The van der Waals surface area contributed by atoms with Crippen LogP contribution in [0.25, 0.3) is 0 Å². The lowest BCUT2D eigenvalue weighted by atomic mass is 9.88. The monoisotopic (exact) mass is 247 g/mol. The molecule has 1 nitrogen and oxygen atoms in total. The lowest BCUT2D eigenvalue weighted by Gasteiger charge is -2.28. The van der Waals surface area contributed by atoms with Crippen LogP contribution in [-0.4, -0.2) is 17.5 Å². The molecule has 0 heterocycles. The maximum Gasteiger partial charge on any atom is 0.0323 e. The molecule has 1 fully saturated rings. The van der Waals surface area contributed by atoms with Crippen LogP contribution in [0.3, 0.4) is 0 Å². The highest BCUT2D eigenvalue weighted by Gasteiger charge is 2.42. The molecule has 3 rings (SSSR count). The van der Waals surface area contributed by atoms with Crippen molar-refractivity contribution in [2.24, 2.45) is 0 Å². The molecule has 2 aliphatic rings. The van der Waals surface area contributed by atoms with Crippen LogP contribution in [0, 0.1) is 0 Å². The third-order valence-corrected chi connectivity index (χ3v) is 5.70. The summed E-state index contributed by atoms with van der Waals surface area (Å²) in [6.45, 7) is 1.19. The molecule has 0 amide bonds. The lowest BCUT2D eigenvalue weighted by Crippen LogP contribution is -2.31. The Kier molecular flexibility index (Phi) is 3.18.